The molecule has 2 aromatic heterocycles. The first-order valence-corrected chi connectivity index (χ1v) is 11.0. The van der Waals surface area contributed by atoms with Crippen LogP contribution in [0.25, 0.3) is 16.9 Å². The van der Waals surface area contributed by atoms with E-state index in [1.165, 1.54) is 13.3 Å². The molecule has 2 aromatic carbocycles. The van der Waals surface area contributed by atoms with Gasteiger partial charge in [-0.3, -0.25) is 9.59 Å². The van der Waals surface area contributed by atoms with E-state index >= 15 is 0 Å². The van der Waals surface area contributed by atoms with Crippen LogP contribution in [0.15, 0.2) is 54.9 Å². The number of benzene rings is 2. The lowest BCUT2D eigenvalue weighted by atomic mass is 10.1. The van der Waals surface area contributed by atoms with Crippen molar-refractivity contribution in [2.24, 2.45) is 0 Å². The number of fused-ring (bicyclic) bond motifs is 1. The Labute approximate surface area is 199 Å². The number of hydrogen-bond donors (Lipinski definition) is 0. The van der Waals surface area contributed by atoms with Crippen molar-refractivity contribution in [1.29, 1.82) is 0 Å². The van der Waals surface area contributed by atoms with Crippen LogP contribution in [0.4, 0.5) is 5.82 Å². The largest absolute Gasteiger partial charge is 0.426 e. The second-order valence-corrected chi connectivity index (χ2v) is 8.15. The van der Waals surface area contributed by atoms with Crippen molar-refractivity contribution in [3.05, 3.63) is 65.4 Å². The van der Waals surface area contributed by atoms with Crippen LogP contribution >= 0.6 is 11.6 Å². The van der Waals surface area contributed by atoms with Crippen LogP contribution < -0.4 is 9.64 Å². The molecule has 0 aliphatic carbocycles. The van der Waals surface area contributed by atoms with Crippen molar-refractivity contribution in [2.45, 2.75) is 6.92 Å². The molecular weight excluding hydrogens is 458 g/mol. The van der Waals surface area contributed by atoms with E-state index in [1.807, 2.05) is 12.1 Å². The molecule has 3 heterocycles. The summed E-state index contributed by atoms with van der Waals surface area (Å²) in [7, 11) is 0. The van der Waals surface area contributed by atoms with E-state index in [1.54, 1.807) is 46.0 Å². The first-order valence-electron chi connectivity index (χ1n) is 10.7. The minimum absolute atomic E-state index is 0.182. The molecule has 1 aliphatic rings. The maximum atomic E-state index is 13.1. The molecule has 1 saturated heterocycles. The number of anilines is 1. The van der Waals surface area contributed by atoms with Crippen LogP contribution in [0, 0.1) is 0 Å². The van der Waals surface area contributed by atoms with E-state index in [2.05, 4.69) is 25.2 Å². The fourth-order valence-electron chi connectivity index (χ4n) is 3.90. The number of hydrogen-bond acceptors (Lipinski definition) is 8. The van der Waals surface area contributed by atoms with Crippen LogP contribution in [0.5, 0.6) is 5.75 Å². The molecule has 0 spiro atoms. The summed E-state index contributed by atoms with van der Waals surface area (Å²) in [5.41, 5.74) is 2.32. The van der Waals surface area contributed by atoms with Gasteiger partial charge in [-0.25, -0.2) is 9.97 Å². The molecule has 5 rings (SSSR count). The van der Waals surface area contributed by atoms with Gasteiger partial charge in [0.25, 0.3) is 5.91 Å². The molecule has 0 saturated carbocycles. The third-order valence-corrected chi connectivity index (χ3v) is 5.78. The molecular formula is C23H20ClN7O3. The number of carbonyl (C=O) groups is 2. The summed E-state index contributed by atoms with van der Waals surface area (Å²) in [6.45, 7) is 3.38. The second kappa shape index (κ2) is 9.06. The third-order valence-electron chi connectivity index (χ3n) is 5.53. The highest BCUT2D eigenvalue weighted by atomic mass is 35.5. The molecule has 0 bridgehead atoms. The van der Waals surface area contributed by atoms with Crippen molar-refractivity contribution in [2.75, 3.05) is 31.1 Å². The molecule has 0 N–H and O–H groups in total. The number of rotatable bonds is 4. The zero-order chi connectivity index (χ0) is 23.7. The molecule has 172 valence electrons. The van der Waals surface area contributed by atoms with E-state index in [4.69, 9.17) is 16.3 Å². The number of ether oxygens (including phenoxy) is 1. The van der Waals surface area contributed by atoms with E-state index in [9.17, 15) is 9.59 Å². The zero-order valence-corrected chi connectivity index (χ0v) is 19.0. The first kappa shape index (κ1) is 21.8. The summed E-state index contributed by atoms with van der Waals surface area (Å²) in [6.07, 6.45) is 1.49. The van der Waals surface area contributed by atoms with Gasteiger partial charge >= 0.3 is 5.97 Å². The molecule has 0 unspecified atom stereocenters. The van der Waals surface area contributed by atoms with Crippen molar-refractivity contribution >= 4 is 40.5 Å². The smallest absolute Gasteiger partial charge is 0.308 e. The molecule has 4 aromatic rings. The molecule has 1 aliphatic heterocycles. The number of aromatic nitrogens is 5. The summed E-state index contributed by atoms with van der Waals surface area (Å²) >= 11 is 5.99. The normalized spacial score (nSPS) is 13.8. The van der Waals surface area contributed by atoms with Crippen LogP contribution in [0.2, 0.25) is 5.02 Å². The van der Waals surface area contributed by atoms with Gasteiger partial charge in [-0.1, -0.05) is 28.9 Å². The Balaban J connectivity index is 1.34. The molecule has 1 fully saturated rings. The average Bonchev–Trinajstić information content (AvgIpc) is 3.29. The topological polar surface area (TPSA) is 106 Å². The predicted octanol–water partition coefficient (Wildman–Crippen LogP) is 2.75. The van der Waals surface area contributed by atoms with Crippen molar-refractivity contribution in [3.8, 4) is 11.4 Å². The van der Waals surface area contributed by atoms with Gasteiger partial charge in [0, 0.05) is 38.1 Å². The maximum absolute atomic E-state index is 13.1. The number of halogens is 1. The first-order chi connectivity index (χ1) is 16.5. The molecule has 11 heteroatoms. The lowest BCUT2D eigenvalue weighted by Crippen LogP contribution is -2.49. The fraction of sp³-hybridized carbons (Fsp3) is 0.217. The lowest BCUT2D eigenvalue weighted by molar-refractivity contribution is -0.131. The zero-order valence-electron chi connectivity index (χ0n) is 18.3. The minimum atomic E-state index is -0.468. The third kappa shape index (κ3) is 4.15. The summed E-state index contributed by atoms with van der Waals surface area (Å²) in [5, 5.41) is 9.20. The summed E-state index contributed by atoms with van der Waals surface area (Å²) in [6, 6.07) is 14.0. The summed E-state index contributed by atoms with van der Waals surface area (Å²) < 4.78 is 6.84. The number of amides is 1. The Hall–Kier alpha value is -4.05. The van der Waals surface area contributed by atoms with Gasteiger partial charge in [0.15, 0.2) is 17.0 Å². The summed E-state index contributed by atoms with van der Waals surface area (Å²) in [4.78, 5) is 37.1. The van der Waals surface area contributed by atoms with Crippen LogP contribution in [-0.4, -0.2) is 67.9 Å². The van der Waals surface area contributed by atoms with Gasteiger partial charge in [-0.05, 0) is 36.4 Å². The number of esters is 1. The van der Waals surface area contributed by atoms with Gasteiger partial charge in [0.05, 0.1) is 11.3 Å². The van der Waals surface area contributed by atoms with Gasteiger partial charge in [0.2, 0.25) is 0 Å². The second-order valence-electron chi connectivity index (χ2n) is 7.72. The monoisotopic (exact) mass is 477 g/mol. The van der Waals surface area contributed by atoms with E-state index in [0.29, 0.717) is 53.7 Å². The SMILES string of the molecule is CC(=O)Oc1ccccc1C(=O)N1CCN(c2ncnc3c2nnn3-c2ccc(Cl)cc2)CC1. The molecule has 1 amide bonds. The van der Waals surface area contributed by atoms with Gasteiger partial charge in [0.1, 0.15) is 12.1 Å². The Morgan fingerprint density at radius 3 is 2.44 bits per heavy atom. The van der Waals surface area contributed by atoms with Gasteiger partial charge < -0.3 is 14.5 Å². The van der Waals surface area contributed by atoms with E-state index in [-0.39, 0.29) is 11.7 Å². The Kier molecular flexibility index (Phi) is 5.81. The Morgan fingerprint density at radius 1 is 0.971 bits per heavy atom. The van der Waals surface area contributed by atoms with E-state index in [0.717, 1.165) is 5.69 Å². The standard InChI is InChI=1S/C23H20ClN7O3/c1-15(32)34-19-5-3-2-4-18(19)23(33)30-12-10-29(11-13-30)21-20-22(26-14-25-21)31(28-27-20)17-8-6-16(24)7-9-17/h2-9,14H,10-13H2,1H3. The summed E-state index contributed by atoms with van der Waals surface area (Å²) in [5.74, 6) is 0.277. The highest BCUT2D eigenvalue weighted by Gasteiger charge is 2.27. The quantitative estimate of drug-likeness (QED) is 0.326. The fourth-order valence-corrected chi connectivity index (χ4v) is 4.03. The highest BCUT2D eigenvalue weighted by molar-refractivity contribution is 6.30. The number of nitrogens with zero attached hydrogens (tertiary/aromatic N) is 7. The van der Waals surface area contributed by atoms with Gasteiger partial charge in [-0.15, -0.1) is 5.10 Å². The molecule has 0 radical (unpaired) electrons. The lowest BCUT2D eigenvalue weighted by Gasteiger charge is -2.35. The minimum Gasteiger partial charge on any atom is -0.426 e. The van der Waals surface area contributed by atoms with E-state index < -0.39 is 5.97 Å². The highest BCUT2D eigenvalue weighted by Crippen LogP contribution is 2.25. The van der Waals surface area contributed by atoms with Crippen molar-refractivity contribution < 1.29 is 14.3 Å². The van der Waals surface area contributed by atoms with Crippen LogP contribution in [0.3, 0.4) is 0 Å². The number of para-hydroxylation sites is 1. The Morgan fingerprint density at radius 2 is 1.71 bits per heavy atom. The number of piperazine rings is 1. The average molecular weight is 478 g/mol. The molecule has 10 nitrogen and oxygen atoms in total. The Bertz CT molecular complexity index is 1360. The maximum Gasteiger partial charge on any atom is 0.308 e. The van der Waals surface area contributed by atoms with Gasteiger partial charge in [-0.2, -0.15) is 4.68 Å². The van der Waals surface area contributed by atoms with Crippen molar-refractivity contribution in [1.82, 2.24) is 29.9 Å². The predicted molar refractivity (Wildman–Crippen MR) is 125 cm³/mol. The molecule has 0 atom stereocenters. The van der Waals surface area contributed by atoms with Crippen molar-refractivity contribution in [3.63, 3.8) is 0 Å². The number of carbonyl (C=O) groups excluding carboxylic acids is 2. The molecule has 34 heavy (non-hydrogen) atoms. The van der Waals surface area contributed by atoms with Crippen LogP contribution in [0.1, 0.15) is 17.3 Å². The van der Waals surface area contributed by atoms with Crippen LogP contribution in [-0.2, 0) is 4.79 Å².